The molecule has 0 bridgehead atoms. The van der Waals surface area contributed by atoms with Gasteiger partial charge in [-0.25, -0.2) is 9.07 Å². The molecular weight excluding hydrogens is 319 g/mol. The van der Waals surface area contributed by atoms with Gasteiger partial charge in [-0.2, -0.15) is 5.10 Å². The quantitative estimate of drug-likeness (QED) is 0.900. The Balaban J connectivity index is 1.66. The van der Waals surface area contributed by atoms with Crippen molar-refractivity contribution in [2.45, 2.75) is 45.1 Å². The number of halogens is 1. The fourth-order valence-electron chi connectivity index (χ4n) is 3.83. The van der Waals surface area contributed by atoms with Gasteiger partial charge < -0.3 is 10.6 Å². The first-order chi connectivity index (χ1) is 12.1. The van der Waals surface area contributed by atoms with Gasteiger partial charge in [0.1, 0.15) is 11.5 Å². The summed E-state index contributed by atoms with van der Waals surface area (Å²) in [6.07, 6.45) is 4.68. The minimum absolute atomic E-state index is 0.138. The summed E-state index contributed by atoms with van der Waals surface area (Å²) in [6, 6.07) is 5.25. The van der Waals surface area contributed by atoms with Gasteiger partial charge in [0, 0.05) is 23.8 Å². The first kappa shape index (κ1) is 16.3. The van der Waals surface area contributed by atoms with Gasteiger partial charge in [0.05, 0.1) is 0 Å². The Hall–Kier alpha value is -2.21. The number of benzene rings is 1. The van der Waals surface area contributed by atoms with E-state index in [0.717, 1.165) is 62.0 Å². The predicted molar refractivity (Wildman–Crippen MR) is 93.6 cm³/mol. The lowest BCUT2D eigenvalue weighted by Crippen LogP contribution is -2.45. The van der Waals surface area contributed by atoms with Crippen LogP contribution in [0.15, 0.2) is 18.2 Å². The average molecular weight is 342 g/mol. The summed E-state index contributed by atoms with van der Waals surface area (Å²) in [5, 5.41) is 10.9. The van der Waals surface area contributed by atoms with E-state index in [1.165, 1.54) is 6.07 Å². The van der Waals surface area contributed by atoms with Crippen molar-refractivity contribution in [3.63, 3.8) is 0 Å². The molecule has 2 heterocycles. The van der Waals surface area contributed by atoms with Crippen molar-refractivity contribution in [2.24, 2.45) is 0 Å². The SMILES string of the molecule is Cc1ccc(-n2nc(C(=O)N[C@H]3CCCNC3)c3c2CCC3)c(F)c1. The number of aryl methyl sites for hydroxylation is 1. The number of carbonyl (C=O) groups excluding carboxylic acids is 1. The number of carbonyl (C=O) groups is 1. The maximum absolute atomic E-state index is 14.4. The molecule has 2 N–H and O–H groups in total. The summed E-state index contributed by atoms with van der Waals surface area (Å²) in [7, 11) is 0. The Morgan fingerprint density at radius 2 is 2.24 bits per heavy atom. The van der Waals surface area contributed by atoms with Crippen LogP contribution >= 0.6 is 0 Å². The van der Waals surface area contributed by atoms with Gasteiger partial charge >= 0.3 is 0 Å². The Morgan fingerprint density at radius 3 is 3.00 bits per heavy atom. The van der Waals surface area contributed by atoms with E-state index >= 15 is 0 Å². The van der Waals surface area contributed by atoms with Gasteiger partial charge in [-0.1, -0.05) is 6.07 Å². The molecule has 1 fully saturated rings. The zero-order chi connectivity index (χ0) is 17.4. The minimum atomic E-state index is -0.305. The highest BCUT2D eigenvalue weighted by molar-refractivity contribution is 5.94. The van der Waals surface area contributed by atoms with Crippen molar-refractivity contribution in [2.75, 3.05) is 13.1 Å². The molecule has 25 heavy (non-hydrogen) atoms. The van der Waals surface area contributed by atoms with Crippen molar-refractivity contribution in [3.05, 3.63) is 46.5 Å². The third kappa shape index (κ3) is 3.06. The van der Waals surface area contributed by atoms with Crippen LogP contribution in [0.5, 0.6) is 0 Å². The van der Waals surface area contributed by atoms with Crippen LogP contribution < -0.4 is 10.6 Å². The molecule has 1 aliphatic carbocycles. The van der Waals surface area contributed by atoms with Crippen molar-refractivity contribution in [3.8, 4) is 5.69 Å². The number of nitrogens with one attached hydrogen (secondary N) is 2. The van der Waals surface area contributed by atoms with Gasteiger partial charge in [0.15, 0.2) is 5.69 Å². The zero-order valence-electron chi connectivity index (χ0n) is 14.4. The Bertz CT molecular complexity index is 808. The average Bonchev–Trinajstić information content (AvgIpc) is 3.18. The standard InChI is InChI=1S/C19H23FN4O/c1-12-7-8-17(15(20)10-12)24-16-6-2-5-14(16)18(23-24)19(25)22-13-4-3-9-21-11-13/h7-8,10,13,21H,2-6,9,11H2,1H3,(H,22,25)/t13-/m0/s1. The van der Waals surface area contributed by atoms with E-state index in [-0.39, 0.29) is 17.8 Å². The maximum atomic E-state index is 14.4. The van der Waals surface area contributed by atoms with E-state index in [9.17, 15) is 9.18 Å². The van der Waals surface area contributed by atoms with Crippen LogP contribution in [0.25, 0.3) is 5.69 Å². The van der Waals surface area contributed by atoms with Gasteiger partial charge in [0.25, 0.3) is 5.91 Å². The lowest BCUT2D eigenvalue weighted by atomic mass is 10.1. The first-order valence-corrected chi connectivity index (χ1v) is 9.02. The van der Waals surface area contributed by atoms with E-state index in [2.05, 4.69) is 15.7 Å². The van der Waals surface area contributed by atoms with Gasteiger partial charge in [-0.3, -0.25) is 4.79 Å². The molecular formula is C19H23FN4O. The third-order valence-electron chi connectivity index (χ3n) is 5.11. The molecule has 2 aliphatic rings. The molecule has 2 aromatic rings. The fraction of sp³-hybridized carbons (Fsp3) is 0.474. The molecule has 0 radical (unpaired) electrons. The first-order valence-electron chi connectivity index (χ1n) is 9.02. The Kier molecular flexibility index (Phi) is 4.29. The number of fused-ring (bicyclic) bond motifs is 1. The number of amides is 1. The van der Waals surface area contributed by atoms with Crippen molar-refractivity contribution in [1.29, 1.82) is 0 Å². The molecule has 132 valence electrons. The molecule has 1 aliphatic heterocycles. The number of hydrogen-bond donors (Lipinski definition) is 2. The molecule has 1 aromatic carbocycles. The maximum Gasteiger partial charge on any atom is 0.272 e. The third-order valence-corrected chi connectivity index (χ3v) is 5.11. The molecule has 5 nitrogen and oxygen atoms in total. The number of hydrogen-bond acceptors (Lipinski definition) is 3. The molecule has 4 rings (SSSR count). The normalized spacial score (nSPS) is 19.7. The molecule has 6 heteroatoms. The topological polar surface area (TPSA) is 59.0 Å². The highest BCUT2D eigenvalue weighted by Crippen LogP contribution is 2.29. The number of aromatic nitrogens is 2. The van der Waals surface area contributed by atoms with Crippen LogP contribution in [0, 0.1) is 12.7 Å². The Labute approximate surface area is 146 Å². The van der Waals surface area contributed by atoms with Crippen molar-refractivity contribution in [1.82, 2.24) is 20.4 Å². The van der Waals surface area contributed by atoms with E-state index in [0.29, 0.717) is 11.4 Å². The molecule has 1 atom stereocenters. The summed E-state index contributed by atoms with van der Waals surface area (Å²) in [4.78, 5) is 12.7. The van der Waals surface area contributed by atoms with Crippen LogP contribution in [0.3, 0.4) is 0 Å². The summed E-state index contributed by atoms with van der Waals surface area (Å²) < 4.78 is 16.0. The van der Waals surface area contributed by atoms with Crippen LogP contribution in [0.2, 0.25) is 0 Å². The molecule has 0 spiro atoms. The highest BCUT2D eigenvalue weighted by atomic mass is 19.1. The molecule has 1 aromatic heterocycles. The van der Waals surface area contributed by atoms with Gasteiger partial charge in [0.2, 0.25) is 0 Å². The second-order valence-corrected chi connectivity index (χ2v) is 7.01. The smallest absolute Gasteiger partial charge is 0.272 e. The van der Waals surface area contributed by atoms with Crippen molar-refractivity contribution >= 4 is 5.91 Å². The summed E-state index contributed by atoms with van der Waals surface area (Å²) in [5.41, 5.74) is 3.68. The zero-order valence-corrected chi connectivity index (χ0v) is 14.4. The number of piperidine rings is 1. The van der Waals surface area contributed by atoms with Crippen LogP contribution in [-0.4, -0.2) is 34.8 Å². The summed E-state index contributed by atoms with van der Waals surface area (Å²) >= 11 is 0. The summed E-state index contributed by atoms with van der Waals surface area (Å²) in [5.74, 6) is -0.446. The highest BCUT2D eigenvalue weighted by Gasteiger charge is 2.29. The molecule has 1 saturated heterocycles. The van der Waals surface area contributed by atoms with E-state index in [4.69, 9.17) is 0 Å². The second-order valence-electron chi connectivity index (χ2n) is 7.01. The lowest BCUT2D eigenvalue weighted by molar-refractivity contribution is 0.0924. The van der Waals surface area contributed by atoms with Crippen molar-refractivity contribution < 1.29 is 9.18 Å². The lowest BCUT2D eigenvalue weighted by Gasteiger charge is -2.23. The largest absolute Gasteiger partial charge is 0.347 e. The van der Waals surface area contributed by atoms with Crippen LogP contribution in [-0.2, 0) is 12.8 Å². The van der Waals surface area contributed by atoms with Gasteiger partial charge in [-0.15, -0.1) is 0 Å². The van der Waals surface area contributed by atoms with E-state index < -0.39 is 0 Å². The van der Waals surface area contributed by atoms with E-state index in [1.54, 1.807) is 10.7 Å². The predicted octanol–water partition coefficient (Wildman–Crippen LogP) is 2.29. The van der Waals surface area contributed by atoms with Crippen LogP contribution in [0.4, 0.5) is 4.39 Å². The molecule has 1 amide bonds. The minimum Gasteiger partial charge on any atom is -0.347 e. The Morgan fingerprint density at radius 1 is 1.36 bits per heavy atom. The fourth-order valence-corrected chi connectivity index (χ4v) is 3.83. The summed E-state index contributed by atoms with van der Waals surface area (Å²) in [6.45, 7) is 3.65. The second kappa shape index (κ2) is 6.59. The number of rotatable bonds is 3. The molecule has 0 unspecified atom stereocenters. The number of nitrogens with zero attached hydrogens (tertiary/aromatic N) is 2. The van der Waals surface area contributed by atoms with Gasteiger partial charge in [-0.05, 0) is 63.3 Å². The van der Waals surface area contributed by atoms with Crippen LogP contribution in [0.1, 0.15) is 46.6 Å². The van der Waals surface area contributed by atoms with E-state index in [1.807, 2.05) is 13.0 Å². The monoisotopic (exact) mass is 342 g/mol. The molecule has 0 saturated carbocycles.